The average molecular weight is 625 g/mol. The molecule has 3 aromatic rings. The number of rotatable bonds is 9. The third-order valence-electron chi connectivity index (χ3n) is 7.11. The number of nitrogens with zero attached hydrogens (tertiary/aromatic N) is 3. The summed E-state index contributed by atoms with van der Waals surface area (Å²) in [5, 5.41) is 13.6. The molecule has 0 fully saturated rings. The lowest BCUT2D eigenvalue weighted by atomic mass is 9.99. The number of carbonyl (C=O) groups is 1. The van der Waals surface area contributed by atoms with Gasteiger partial charge in [-0.25, -0.2) is 21.2 Å². The molecule has 228 valence electrons. The van der Waals surface area contributed by atoms with Crippen LogP contribution in [0.2, 0.25) is 0 Å². The molecule has 0 saturated carbocycles. The fourth-order valence-corrected chi connectivity index (χ4v) is 7.20. The lowest BCUT2D eigenvalue weighted by Gasteiger charge is -2.38. The van der Waals surface area contributed by atoms with Crippen molar-refractivity contribution in [1.82, 2.24) is 14.4 Å². The highest BCUT2D eigenvalue weighted by Gasteiger charge is 2.37. The van der Waals surface area contributed by atoms with E-state index >= 15 is 0 Å². The molecule has 0 spiro atoms. The fraction of sp³-hybridized carbons (Fsp3) is 0.407. The second kappa shape index (κ2) is 12.0. The standard InChI is InChI=1S/C27H33FN4O8S2/c1-16-13-32(17(2)15-33)27(34)23-12-21(30-41(35,36)22-9-6-20(28)7-10-22)8-11-24(23)39-25(16)14-31(5)42(37,38)26-18(3)29-40-19(26)4/h6-12,16-17,25,30,33H,13-15H2,1-5H3/t16-,17-,25-/m1/s1. The van der Waals surface area contributed by atoms with Crippen molar-refractivity contribution >= 4 is 31.6 Å². The van der Waals surface area contributed by atoms with Crippen LogP contribution in [-0.4, -0.2) is 81.1 Å². The molecule has 0 bridgehead atoms. The first-order valence-electron chi connectivity index (χ1n) is 13.1. The molecular weight excluding hydrogens is 591 g/mol. The van der Waals surface area contributed by atoms with Crippen LogP contribution in [0.5, 0.6) is 5.75 Å². The smallest absolute Gasteiger partial charge is 0.261 e. The van der Waals surface area contributed by atoms with E-state index in [0.29, 0.717) is 0 Å². The Kier molecular flexibility index (Phi) is 8.97. The molecule has 1 aromatic heterocycles. The van der Waals surface area contributed by atoms with E-state index in [2.05, 4.69) is 9.88 Å². The quantitative estimate of drug-likeness (QED) is 0.365. The summed E-state index contributed by atoms with van der Waals surface area (Å²) in [6.07, 6.45) is -0.743. The SMILES string of the molecule is Cc1noc(C)c1S(=O)(=O)N(C)C[C@H]1Oc2ccc(NS(=O)(=O)c3ccc(F)cc3)cc2C(=O)N([C@H](C)CO)C[C@H]1C. The minimum atomic E-state index is -4.11. The van der Waals surface area contributed by atoms with Gasteiger partial charge in [-0.2, -0.15) is 4.31 Å². The van der Waals surface area contributed by atoms with E-state index in [4.69, 9.17) is 9.26 Å². The second-order valence-corrected chi connectivity index (χ2v) is 14.0. The van der Waals surface area contributed by atoms with Gasteiger partial charge in [0.2, 0.25) is 10.0 Å². The number of anilines is 1. The van der Waals surface area contributed by atoms with Crippen molar-refractivity contribution in [2.75, 3.05) is 31.5 Å². The number of hydrogen-bond donors (Lipinski definition) is 2. The van der Waals surface area contributed by atoms with E-state index < -0.39 is 43.9 Å². The molecule has 1 amide bonds. The molecule has 2 heterocycles. The summed E-state index contributed by atoms with van der Waals surface area (Å²) in [5.41, 5.74) is 0.290. The summed E-state index contributed by atoms with van der Waals surface area (Å²) in [5.74, 6) is -1.21. The van der Waals surface area contributed by atoms with Crippen LogP contribution >= 0.6 is 0 Å². The molecule has 0 aliphatic carbocycles. The van der Waals surface area contributed by atoms with Gasteiger partial charge in [-0.3, -0.25) is 9.52 Å². The number of fused-ring (bicyclic) bond motifs is 1. The third kappa shape index (κ3) is 6.28. The van der Waals surface area contributed by atoms with Crippen molar-refractivity contribution in [3.8, 4) is 5.75 Å². The number of hydrogen-bond acceptors (Lipinski definition) is 9. The predicted molar refractivity (Wildman–Crippen MR) is 151 cm³/mol. The number of halogens is 1. The minimum absolute atomic E-state index is 0.0164. The van der Waals surface area contributed by atoms with E-state index in [1.165, 1.54) is 44.0 Å². The molecule has 12 nitrogen and oxygen atoms in total. The van der Waals surface area contributed by atoms with Gasteiger partial charge in [0.1, 0.15) is 28.3 Å². The summed E-state index contributed by atoms with van der Waals surface area (Å²) in [4.78, 5) is 14.9. The molecule has 42 heavy (non-hydrogen) atoms. The molecule has 0 unspecified atom stereocenters. The van der Waals surface area contributed by atoms with Crippen LogP contribution in [0, 0.1) is 25.6 Å². The molecule has 2 N–H and O–H groups in total. The number of sulfonamides is 2. The van der Waals surface area contributed by atoms with Gasteiger partial charge >= 0.3 is 0 Å². The van der Waals surface area contributed by atoms with Gasteiger partial charge in [-0.1, -0.05) is 12.1 Å². The van der Waals surface area contributed by atoms with Gasteiger partial charge < -0.3 is 19.3 Å². The second-order valence-electron chi connectivity index (χ2n) is 10.3. The van der Waals surface area contributed by atoms with Crippen molar-refractivity contribution in [3.05, 3.63) is 65.3 Å². The number of aromatic nitrogens is 1. The first-order valence-corrected chi connectivity index (χ1v) is 16.0. The van der Waals surface area contributed by atoms with Gasteiger partial charge in [-0.05, 0) is 63.2 Å². The van der Waals surface area contributed by atoms with Gasteiger partial charge in [0, 0.05) is 25.2 Å². The monoisotopic (exact) mass is 624 g/mol. The van der Waals surface area contributed by atoms with Gasteiger partial charge in [0.05, 0.1) is 29.7 Å². The van der Waals surface area contributed by atoms with Crippen LogP contribution in [0.1, 0.15) is 35.7 Å². The maximum Gasteiger partial charge on any atom is 0.261 e. The van der Waals surface area contributed by atoms with E-state index in [1.807, 2.05) is 6.92 Å². The van der Waals surface area contributed by atoms with E-state index in [-0.39, 0.29) is 63.9 Å². The number of amides is 1. The Bertz CT molecular complexity index is 1660. The molecule has 3 atom stereocenters. The van der Waals surface area contributed by atoms with Crippen LogP contribution in [0.15, 0.2) is 56.8 Å². The summed E-state index contributed by atoms with van der Waals surface area (Å²) in [6, 6.07) is 7.80. The zero-order chi connectivity index (χ0) is 31.0. The number of aliphatic hydroxyl groups is 1. The highest BCUT2D eigenvalue weighted by molar-refractivity contribution is 7.92. The zero-order valence-electron chi connectivity index (χ0n) is 23.7. The molecule has 1 aliphatic heterocycles. The summed E-state index contributed by atoms with van der Waals surface area (Å²) in [6.45, 7) is 6.20. The van der Waals surface area contributed by atoms with Crippen molar-refractivity contribution in [3.63, 3.8) is 0 Å². The first-order chi connectivity index (χ1) is 19.6. The summed E-state index contributed by atoms with van der Waals surface area (Å²) >= 11 is 0. The largest absolute Gasteiger partial charge is 0.488 e. The van der Waals surface area contributed by atoms with Crippen molar-refractivity contribution < 1.29 is 40.4 Å². The topological polar surface area (TPSA) is 159 Å². The minimum Gasteiger partial charge on any atom is -0.488 e. The molecule has 0 radical (unpaired) electrons. The van der Waals surface area contributed by atoms with Crippen molar-refractivity contribution in [2.24, 2.45) is 5.92 Å². The van der Waals surface area contributed by atoms with E-state index in [9.17, 15) is 31.1 Å². The van der Waals surface area contributed by atoms with E-state index in [0.717, 1.165) is 28.6 Å². The molecular formula is C27H33FN4O8S2. The Hall–Kier alpha value is -3.53. The number of aryl methyl sites for hydroxylation is 2. The number of nitrogens with one attached hydrogen (secondary N) is 1. The normalized spacial score (nSPS) is 18.7. The van der Waals surface area contributed by atoms with E-state index in [1.54, 1.807) is 6.92 Å². The highest BCUT2D eigenvalue weighted by Crippen LogP contribution is 2.32. The number of ether oxygens (including phenoxy) is 1. The molecule has 2 aromatic carbocycles. The van der Waals surface area contributed by atoms with Crippen molar-refractivity contribution in [2.45, 2.75) is 49.6 Å². The first kappa shape index (κ1) is 31.4. The maximum atomic E-state index is 13.7. The van der Waals surface area contributed by atoms with Crippen LogP contribution < -0.4 is 9.46 Å². The number of carbonyl (C=O) groups excluding carboxylic acids is 1. The molecule has 0 saturated heterocycles. The summed E-state index contributed by atoms with van der Waals surface area (Å²) < 4.78 is 80.7. The average Bonchev–Trinajstić information content (AvgIpc) is 3.28. The lowest BCUT2D eigenvalue weighted by molar-refractivity contribution is 0.0387. The van der Waals surface area contributed by atoms with Gasteiger partial charge in [0.25, 0.3) is 15.9 Å². The summed E-state index contributed by atoms with van der Waals surface area (Å²) in [7, 11) is -6.71. The number of benzene rings is 2. The maximum absolute atomic E-state index is 13.7. The highest BCUT2D eigenvalue weighted by atomic mass is 32.2. The molecule has 15 heteroatoms. The Morgan fingerprint density at radius 3 is 2.43 bits per heavy atom. The Morgan fingerprint density at radius 1 is 1.17 bits per heavy atom. The Morgan fingerprint density at radius 2 is 1.83 bits per heavy atom. The zero-order valence-corrected chi connectivity index (χ0v) is 25.4. The lowest BCUT2D eigenvalue weighted by Crippen LogP contribution is -2.50. The molecule has 1 aliphatic rings. The Labute approximate surface area is 244 Å². The fourth-order valence-electron chi connectivity index (χ4n) is 4.68. The third-order valence-corrected chi connectivity index (χ3v) is 10.6. The van der Waals surface area contributed by atoms with Gasteiger partial charge in [0.15, 0.2) is 5.76 Å². The van der Waals surface area contributed by atoms with Crippen molar-refractivity contribution in [1.29, 1.82) is 0 Å². The van der Waals surface area contributed by atoms with Crippen LogP contribution in [0.4, 0.5) is 10.1 Å². The number of aliphatic hydroxyl groups excluding tert-OH is 1. The molecule has 4 rings (SSSR count). The predicted octanol–water partition coefficient (Wildman–Crippen LogP) is 2.77. The van der Waals surface area contributed by atoms with Crippen LogP contribution in [-0.2, 0) is 20.0 Å². The number of likely N-dealkylation sites (N-methyl/N-ethyl adjacent to an activating group) is 1. The Balaban J connectivity index is 1.69. The van der Waals surface area contributed by atoms with Crippen LogP contribution in [0.3, 0.4) is 0 Å². The van der Waals surface area contributed by atoms with Gasteiger partial charge in [-0.15, -0.1) is 0 Å². The van der Waals surface area contributed by atoms with Crippen LogP contribution in [0.25, 0.3) is 0 Å².